The Balaban J connectivity index is 1.69. The van der Waals surface area contributed by atoms with E-state index in [1.165, 1.54) is 0 Å². The Labute approximate surface area is 135 Å². The molecule has 7 heteroatoms. The van der Waals surface area contributed by atoms with Crippen LogP contribution in [0.4, 0.5) is 0 Å². The molecule has 1 amide bonds. The number of tetrazole rings is 1. The van der Waals surface area contributed by atoms with E-state index in [1.54, 1.807) is 11.0 Å². The molecule has 7 nitrogen and oxygen atoms in total. The Kier molecular flexibility index (Phi) is 4.97. The van der Waals surface area contributed by atoms with E-state index < -0.39 is 0 Å². The number of carbonyl (C=O) groups excluding carboxylic acids is 1. The van der Waals surface area contributed by atoms with E-state index in [4.69, 9.17) is 4.74 Å². The first-order chi connectivity index (χ1) is 11.3. The molecule has 2 heterocycles. The molecule has 1 fully saturated rings. The van der Waals surface area contributed by atoms with Gasteiger partial charge >= 0.3 is 0 Å². The summed E-state index contributed by atoms with van der Waals surface area (Å²) >= 11 is 0. The Morgan fingerprint density at radius 1 is 1.35 bits per heavy atom. The van der Waals surface area contributed by atoms with Gasteiger partial charge in [0, 0.05) is 12.1 Å². The van der Waals surface area contributed by atoms with Crippen LogP contribution in [-0.2, 0) is 11.3 Å². The molecule has 0 radical (unpaired) electrons. The second-order valence-electron chi connectivity index (χ2n) is 5.72. The average Bonchev–Trinajstić information content (AvgIpc) is 3.09. The second kappa shape index (κ2) is 7.32. The molecule has 1 atom stereocenters. The Morgan fingerprint density at radius 3 is 2.87 bits per heavy atom. The maximum atomic E-state index is 12.7. The molecule has 0 aliphatic carbocycles. The van der Waals surface area contributed by atoms with Gasteiger partial charge in [-0.15, -0.1) is 5.10 Å². The highest BCUT2D eigenvalue weighted by atomic mass is 16.5. The van der Waals surface area contributed by atoms with Gasteiger partial charge in [0.05, 0.1) is 25.8 Å². The van der Waals surface area contributed by atoms with Gasteiger partial charge in [0.15, 0.2) is 0 Å². The molecule has 0 bridgehead atoms. The van der Waals surface area contributed by atoms with E-state index in [0.717, 1.165) is 18.4 Å². The fourth-order valence-electron chi connectivity index (χ4n) is 2.85. The maximum Gasteiger partial charge on any atom is 0.254 e. The standard InChI is InChI=1S/C16H21N5O2/c1-2-3-15-11-23-9-8-21(15)16(22)14-6-4-13(5-7-14)10-20-12-17-18-19-20/h4-7,12,15H,2-3,8-11H2,1H3. The van der Waals surface area contributed by atoms with E-state index in [9.17, 15) is 4.79 Å². The summed E-state index contributed by atoms with van der Waals surface area (Å²) < 4.78 is 7.16. The van der Waals surface area contributed by atoms with E-state index in [0.29, 0.717) is 31.9 Å². The number of hydrogen-bond acceptors (Lipinski definition) is 5. The van der Waals surface area contributed by atoms with Gasteiger partial charge in [-0.25, -0.2) is 4.68 Å². The molecule has 23 heavy (non-hydrogen) atoms. The van der Waals surface area contributed by atoms with E-state index in [-0.39, 0.29) is 11.9 Å². The van der Waals surface area contributed by atoms with E-state index in [1.807, 2.05) is 29.2 Å². The first-order valence-corrected chi connectivity index (χ1v) is 7.96. The lowest BCUT2D eigenvalue weighted by Gasteiger charge is -2.35. The molecule has 0 spiro atoms. The monoisotopic (exact) mass is 315 g/mol. The quantitative estimate of drug-likeness (QED) is 0.833. The predicted molar refractivity (Wildman–Crippen MR) is 83.9 cm³/mol. The number of nitrogens with zero attached hydrogens (tertiary/aromatic N) is 5. The van der Waals surface area contributed by atoms with Crippen LogP contribution >= 0.6 is 0 Å². The van der Waals surface area contributed by atoms with Crippen LogP contribution in [0.15, 0.2) is 30.6 Å². The third kappa shape index (κ3) is 3.73. The molecule has 1 saturated heterocycles. The number of benzene rings is 1. The number of rotatable bonds is 5. The highest BCUT2D eigenvalue weighted by Crippen LogP contribution is 2.17. The van der Waals surface area contributed by atoms with Crippen molar-refractivity contribution in [2.75, 3.05) is 19.8 Å². The number of morpholine rings is 1. The SMILES string of the molecule is CCCC1COCCN1C(=O)c1ccc(Cn2cnnn2)cc1. The molecule has 1 aliphatic rings. The lowest BCUT2D eigenvalue weighted by molar-refractivity contribution is -0.00433. The van der Waals surface area contributed by atoms with E-state index in [2.05, 4.69) is 22.4 Å². The number of ether oxygens (including phenoxy) is 1. The van der Waals surface area contributed by atoms with Crippen LogP contribution in [-0.4, -0.2) is 56.8 Å². The largest absolute Gasteiger partial charge is 0.377 e. The molecule has 1 aliphatic heterocycles. The van der Waals surface area contributed by atoms with Crippen molar-refractivity contribution in [1.29, 1.82) is 0 Å². The van der Waals surface area contributed by atoms with Gasteiger partial charge in [-0.1, -0.05) is 25.5 Å². The second-order valence-corrected chi connectivity index (χ2v) is 5.72. The van der Waals surface area contributed by atoms with Gasteiger partial charge in [0.25, 0.3) is 5.91 Å². The zero-order chi connectivity index (χ0) is 16.1. The molecule has 1 aromatic carbocycles. The molecule has 0 N–H and O–H groups in total. The molecule has 1 unspecified atom stereocenters. The highest BCUT2D eigenvalue weighted by Gasteiger charge is 2.27. The lowest BCUT2D eigenvalue weighted by atomic mass is 10.1. The third-order valence-electron chi connectivity index (χ3n) is 4.05. The van der Waals surface area contributed by atoms with Crippen molar-refractivity contribution in [1.82, 2.24) is 25.1 Å². The molecular weight excluding hydrogens is 294 g/mol. The normalized spacial score (nSPS) is 18.1. The molecule has 2 aromatic rings. The average molecular weight is 315 g/mol. The maximum absolute atomic E-state index is 12.7. The van der Waals surface area contributed by atoms with Gasteiger partial charge in [-0.2, -0.15) is 0 Å². The van der Waals surface area contributed by atoms with Crippen LogP contribution < -0.4 is 0 Å². The summed E-state index contributed by atoms with van der Waals surface area (Å²) in [5, 5.41) is 11.1. The minimum atomic E-state index is 0.0840. The Bertz CT molecular complexity index is 624. The van der Waals surface area contributed by atoms with Gasteiger partial charge in [-0.3, -0.25) is 4.79 Å². The summed E-state index contributed by atoms with van der Waals surface area (Å²) in [4.78, 5) is 14.7. The van der Waals surface area contributed by atoms with Gasteiger partial charge in [0.2, 0.25) is 0 Å². The van der Waals surface area contributed by atoms with Gasteiger partial charge < -0.3 is 9.64 Å². The first-order valence-electron chi connectivity index (χ1n) is 7.96. The molecular formula is C16H21N5O2. The van der Waals surface area contributed by atoms with Crippen LogP contribution in [0.25, 0.3) is 0 Å². The number of aromatic nitrogens is 4. The van der Waals surface area contributed by atoms with Crippen molar-refractivity contribution >= 4 is 5.91 Å². The van der Waals surface area contributed by atoms with Crippen LogP contribution in [0.5, 0.6) is 0 Å². The summed E-state index contributed by atoms with van der Waals surface area (Å²) in [6.07, 6.45) is 3.59. The van der Waals surface area contributed by atoms with Crippen LogP contribution in [0.2, 0.25) is 0 Å². The number of hydrogen-bond donors (Lipinski definition) is 0. The topological polar surface area (TPSA) is 73.1 Å². The number of carbonyl (C=O) groups is 1. The summed E-state index contributed by atoms with van der Waals surface area (Å²) in [6.45, 7) is 4.64. The number of amides is 1. The smallest absolute Gasteiger partial charge is 0.254 e. The van der Waals surface area contributed by atoms with Gasteiger partial charge in [-0.05, 0) is 34.5 Å². The zero-order valence-corrected chi connectivity index (χ0v) is 13.3. The summed E-state index contributed by atoms with van der Waals surface area (Å²) in [6, 6.07) is 7.83. The van der Waals surface area contributed by atoms with Crippen LogP contribution in [0.1, 0.15) is 35.7 Å². The van der Waals surface area contributed by atoms with E-state index >= 15 is 0 Å². The van der Waals surface area contributed by atoms with Gasteiger partial charge in [0.1, 0.15) is 6.33 Å². The van der Waals surface area contributed by atoms with Crippen molar-refractivity contribution in [3.8, 4) is 0 Å². The predicted octanol–water partition coefficient (Wildman–Crippen LogP) is 1.36. The van der Waals surface area contributed by atoms with Crippen LogP contribution in [0, 0.1) is 0 Å². The third-order valence-corrected chi connectivity index (χ3v) is 4.05. The minimum Gasteiger partial charge on any atom is -0.377 e. The van der Waals surface area contributed by atoms with Crippen LogP contribution in [0.3, 0.4) is 0 Å². The summed E-state index contributed by atoms with van der Waals surface area (Å²) in [7, 11) is 0. The minimum absolute atomic E-state index is 0.0840. The van der Waals surface area contributed by atoms with Crippen molar-refractivity contribution in [3.05, 3.63) is 41.7 Å². The fraction of sp³-hybridized carbons (Fsp3) is 0.500. The lowest BCUT2D eigenvalue weighted by Crippen LogP contribution is -2.48. The summed E-state index contributed by atoms with van der Waals surface area (Å²) in [5.74, 6) is 0.0840. The fourth-order valence-corrected chi connectivity index (χ4v) is 2.85. The van der Waals surface area contributed by atoms with Crippen molar-refractivity contribution in [3.63, 3.8) is 0 Å². The molecule has 1 aromatic heterocycles. The zero-order valence-electron chi connectivity index (χ0n) is 13.3. The Morgan fingerprint density at radius 2 is 2.17 bits per heavy atom. The summed E-state index contributed by atoms with van der Waals surface area (Å²) in [5.41, 5.74) is 1.77. The molecule has 0 saturated carbocycles. The van der Waals surface area contributed by atoms with Crippen molar-refractivity contribution in [2.24, 2.45) is 0 Å². The molecule has 122 valence electrons. The van der Waals surface area contributed by atoms with Crippen molar-refractivity contribution in [2.45, 2.75) is 32.4 Å². The van der Waals surface area contributed by atoms with Crippen molar-refractivity contribution < 1.29 is 9.53 Å². The first kappa shape index (κ1) is 15.6. The highest BCUT2D eigenvalue weighted by molar-refractivity contribution is 5.94. The Hall–Kier alpha value is -2.28. The molecule has 3 rings (SSSR count).